The Morgan fingerprint density at radius 3 is 2.56 bits per heavy atom. The van der Waals surface area contributed by atoms with Gasteiger partial charge >= 0.3 is 0 Å². The lowest BCUT2D eigenvalue weighted by molar-refractivity contribution is 0.103. The highest BCUT2D eigenvalue weighted by Gasteiger charge is 2.21. The second-order valence-corrected chi connectivity index (χ2v) is 8.06. The van der Waals surface area contributed by atoms with Gasteiger partial charge in [-0.15, -0.1) is 11.3 Å². The molecule has 0 radical (unpaired) electrons. The van der Waals surface area contributed by atoms with E-state index in [2.05, 4.69) is 59.4 Å². The average Bonchev–Trinajstić information content (AvgIpc) is 3.19. The van der Waals surface area contributed by atoms with Gasteiger partial charge in [-0.1, -0.05) is 24.3 Å². The van der Waals surface area contributed by atoms with Crippen LogP contribution in [0.2, 0.25) is 0 Å². The number of fused-ring (bicyclic) bond motifs is 5. The van der Waals surface area contributed by atoms with Crippen molar-refractivity contribution in [3.63, 3.8) is 0 Å². The van der Waals surface area contributed by atoms with E-state index in [1.165, 1.54) is 36.8 Å². The van der Waals surface area contributed by atoms with Crippen molar-refractivity contribution >= 4 is 43.2 Å². The quantitative estimate of drug-likeness (QED) is 0.515. The van der Waals surface area contributed by atoms with Gasteiger partial charge < -0.3 is 20.1 Å². The van der Waals surface area contributed by atoms with Crippen molar-refractivity contribution in [1.29, 1.82) is 0 Å². The number of nitrogens with zero attached hydrogens (tertiary/aromatic N) is 1. The van der Waals surface area contributed by atoms with Crippen LogP contribution < -0.4 is 5.32 Å². The topological polar surface area (TPSA) is 57.4 Å². The lowest BCUT2D eigenvalue weighted by Crippen LogP contribution is -2.48. The highest BCUT2D eigenvalue weighted by Crippen LogP contribution is 2.37. The Hall–Kier alpha value is -1.92. The van der Waals surface area contributed by atoms with E-state index in [0.29, 0.717) is 6.54 Å². The molecule has 0 saturated carbocycles. The first-order valence-electron chi connectivity index (χ1n) is 8.41. The Labute approximate surface area is 150 Å². The number of thiophene rings is 1. The van der Waals surface area contributed by atoms with Crippen molar-refractivity contribution < 1.29 is 10.2 Å². The van der Waals surface area contributed by atoms with Crippen LogP contribution in [0.3, 0.4) is 0 Å². The molecule has 0 amide bonds. The summed E-state index contributed by atoms with van der Waals surface area (Å²) in [5, 5.41) is 26.0. The van der Waals surface area contributed by atoms with Gasteiger partial charge in [0.15, 0.2) is 0 Å². The zero-order chi connectivity index (χ0) is 17.6. The monoisotopic (exact) mass is 354 g/mol. The zero-order valence-corrected chi connectivity index (χ0v) is 15.2. The van der Waals surface area contributed by atoms with Gasteiger partial charge in [0.25, 0.3) is 0 Å². The number of hydrogen-bond acceptors (Lipinski definition) is 4. The van der Waals surface area contributed by atoms with Crippen LogP contribution in [0.5, 0.6) is 0 Å². The van der Waals surface area contributed by atoms with E-state index >= 15 is 0 Å². The molecule has 0 aliphatic rings. The molecule has 0 spiro atoms. The predicted molar refractivity (Wildman–Crippen MR) is 105 cm³/mol. The first-order valence-corrected chi connectivity index (χ1v) is 9.23. The minimum atomic E-state index is -0.662. The van der Waals surface area contributed by atoms with Gasteiger partial charge in [-0.05, 0) is 25.1 Å². The second-order valence-electron chi connectivity index (χ2n) is 6.89. The Morgan fingerprint density at radius 1 is 1.04 bits per heavy atom. The van der Waals surface area contributed by atoms with Crippen LogP contribution in [0.4, 0.5) is 0 Å². The molecule has 0 bridgehead atoms. The molecule has 130 valence electrons. The molecule has 3 N–H and O–H groups in total. The largest absolute Gasteiger partial charge is 0.394 e. The molecule has 2 aromatic heterocycles. The number of aryl methyl sites for hydroxylation is 1. The summed E-state index contributed by atoms with van der Waals surface area (Å²) < 4.78 is 3.52. The number of para-hydroxylation sites is 1. The highest BCUT2D eigenvalue weighted by atomic mass is 32.1. The van der Waals surface area contributed by atoms with E-state index in [1.807, 2.05) is 6.92 Å². The normalized spacial score (nSPS) is 12.6. The smallest absolute Gasteiger partial charge is 0.0633 e. The summed E-state index contributed by atoms with van der Waals surface area (Å²) in [6.45, 7) is 2.26. The van der Waals surface area contributed by atoms with Crippen LogP contribution in [-0.2, 0) is 13.6 Å². The van der Waals surface area contributed by atoms with E-state index in [4.69, 9.17) is 0 Å². The van der Waals surface area contributed by atoms with Gasteiger partial charge in [0.1, 0.15) is 0 Å². The molecule has 0 aliphatic heterocycles. The predicted octanol–water partition coefficient (Wildman–Crippen LogP) is 3.38. The summed E-state index contributed by atoms with van der Waals surface area (Å²) in [4.78, 5) is 1.20. The zero-order valence-electron chi connectivity index (χ0n) is 14.4. The van der Waals surface area contributed by atoms with E-state index in [1.54, 1.807) is 11.3 Å². The van der Waals surface area contributed by atoms with Crippen molar-refractivity contribution in [2.75, 3.05) is 13.2 Å². The summed E-state index contributed by atoms with van der Waals surface area (Å²) in [7, 11) is 2.12. The van der Waals surface area contributed by atoms with Crippen LogP contribution in [0.15, 0.2) is 42.5 Å². The number of nitrogens with one attached hydrogen (secondary N) is 1. The Balaban J connectivity index is 1.82. The van der Waals surface area contributed by atoms with Crippen LogP contribution in [0.25, 0.3) is 31.9 Å². The SMILES string of the molecule is Cn1c2ccccc2c2ccc3sc(CNC(C)(CO)CO)cc3c21. The molecule has 0 aliphatic carbocycles. The van der Waals surface area contributed by atoms with E-state index in [-0.39, 0.29) is 13.2 Å². The van der Waals surface area contributed by atoms with Gasteiger partial charge in [-0.25, -0.2) is 0 Å². The second kappa shape index (κ2) is 6.11. The Kier molecular flexibility index (Phi) is 4.04. The van der Waals surface area contributed by atoms with Crippen LogP contribution in [0, 0.1) is 0 Å². The fourth-order valence-corrected chi connectivity index (χ4v) is 4.40. The average molecular weight is 354 g/mol. The minimum absolute atomic E-state index is 0.0954. The summed E-state index contributed by atoms with van der Waals surface area (Å²) in [6.07, 6.45) is 0. The molecule has 2 heterocycles. The van der Waals surface area contributed by atoms with Gasteiger partial charge in [0.05, 0.1) is 24.3 Å². The maximum Gasteiger partial charge on any atom is 0.0633 e. The van der Waals surface area contributed by atoms with Gasteiger partial charge in [-0.3, -0.25) is 0 Å². The van der Waals surface area contributed by atoms with Crippen molar-refractivity contribution in [2.45, 2.75) is 19.0 Å². The molecule has 2 aromatic carbocycles. The lowest BCUT2D eigenvalue weighted by Gasteiger charge is -2.25. The maximum atomic E-state index is 9.44. The van der Waals surface area contributed by atoms with Gasteiger partial charge in [-0.2, -0.15) is 0 Å². The van der Waals surface area contributed by atoms with Crippen molar-refractivity contribution in [2.24, 2.45) is 7.05 Å². The number of aromatic nitrogens is 1. The first kappa shape index (κ1) is 16.5. The van der Waals surface area contributed by atoms with Crippen LogP contribution >= 0.6 is 11.3 Å². The molecule has 5 heteroatoms. The molecule has 0 unspecified atom stereocenters. The summed E-state index contributed by atoms with van der Waals surface area (Å²) in [5.74, 6) is 0. The summed E-state index contributed by atoms with van der Waals surface area (Å²) in [6, 6.07) is 15.1. The Bertz CT molecular complexity index is 1060. The molecule has 25 heavy (non-hydrogen) atoms. The van der Waals surface area contributed by atoms with Crippen molar-refractivity contribution in [3.8, 4) is 0 Å². The molecule has 0 saturated heterocycles. The standard InChI is InChI=1S/C20H22N2O2S/c1-20(11-23,12-24)21-10-13-9-16-18(25-13)8-7-15-14-5-3-4-6-17(14)22(2)19(15)16/h3-9,21,23-24H,10-12H2,1-2H3. The van der Waals surface area contributed by atoms with Crippen LogP contribution in [0.1, 0.15) is 11.8 Å². The number of aliphatic hydroxyl groups is 2. The summed E-state index contributed by atoms with van der Waals surface area (Å²) in [5.41, 5.74) is 1.84. The third-order valence-electron chi connectivity index (χ3n) is 5.00. The summed E-state index contributed by atoms with van der Waals surface area (Å²) >= 11 is 1.75. The fraction of sp³-hybridized carbons (Fsp3) is 0.300. The maximum absolute atomic E-state index is 9.44. The number of rotatable bonds is 5. The molecule has 4 aromatic rings. The first-order chi connectivity index (χ1) is 12.1. The Morgan fingerprint density at radius 2 is 1.80 bits per heavy atom. The van der Waals surface area contributed by atoms with Crippen molar-refractivity contribution in [3.05, 3.63) is 47.3 Å². The third-order valence-corrected chi connectivity index (χ3v) is 6.10. The lowest BCUT2D eigenvalue weighted by atomic mass is 10.1. The number of benzene rings is 2. The van der Waals surface area contributed by atoms with E-state index in [9.17, 15) is 10.2 Å². The van der Waals surface area contributed by atoms with Gasteiger partial charge in [0.2, 0.25) is 0 Å². The molecule has 0 atom stereocenters. The van der Waals surface area contributed by atoms with E-state index < -0.39 is 5.54 Å². The fourth-order valence-electron chi connectivity index (χ4n) is 3.39. The molecule has 4 nitrogen and oxygen atoms in total. The number of aliphatic hydroxyl groups excluding tert-OH is 2. The molecule has 0 fully saturated rings. The van der Waals surface area contributed by atoms with Crippen LogP contribution in [-0.4, -0.2) is 33.5 Å². The van der Waals surface area contributed by atoms with E-state index in [0.717, 1.165) is 0 Å². The number of hydrogen-bond donors (Lipinski definition) is 3. The minimum Gasteiger partial charge on any atom is -0.394 e. The molecular formula is C20H22N2O2S. The molecule has 4 rings (SSSR count). The van der Waals surface area contributed by atoms with Gasteiger partial charge in [0, 0.05) is 44.8 Å². The van der Waals surface area contributed by atoms with Crippen molar-refractivity contribution in [1.82, 2.24) is 9.88 Å². The third kappa shape index (κ3) is 2.64. The molecular weight excluding hydrogens is 332 g/mol. The highest BCUT2D eigenvalue weighted by molar-refractivity contribution is 7.19.